The molecular formula is C13H13N3O6. The third-order valence-corrected chi connectivity index (χ3v) is 3.20. The maximum absolute atomic E-state index is 12.0. The molecule has 0 spiro atoms. The molecule has 0 fully saturated rings. The van der Waals surface area contributed by atoms with Gasteiger partial charge in [-0.1, -0.05) is 6.07 Å². The van der Waals surface area contributed by atoms with Crippen molar-refractivity contribution in [2.45, 2.75) is 18.6 Å². The molecule has 5 N–H and O–H groups in total. The van der Waals surface area contributed by atoms with Gasteiger partial charge in [0, 0.05) is 5.52 Å². The van der Waals surface area contributed by atoms with Crippen molar-refractivity contribution in [3.05, 3.63) is 50.3 Å². The first-order valence-corrected chi connectivity index (χ1v) is 6.25. The summed E-state index contributed by atoms with van der Waals surface area (Å²) in [7, 11) is 0. The summed E-state index contributed by atoms with van der Waals surface area (Å²) in [4.78, 5) is 35.3. The molecule has 9 heteroatoms. The SMILES string of the molecule is NC(=O)CC(O)C(O)c1ccc2[nH]cc([N+](=O)[O-])c(=O)c2c1. The van der Waals surface area contributed by atoms with E-state index in [4.69, 9.17) is 5.73 Å². The molecule has 2 aromatic rings. The van der Waals surface area contributed by atoms with Gasteiger partial charge in [0.15, 0.2) is 0 Å². The third-order valence-electron chi connectivity index (χ3n) is 3.20. The molecule has 0 aliphatic rings. The standard InChI is InChI=1S/C13H13N3O6/c14-11(18)4-10(17)12(19)6-1-2-8-7(3-6)13(20)9(5-15-8)16(21)22/h1-3,5,10,12,17,19H,4H2,(H2,14,18)(H,15,20). The average Bonchev–Trinajstić information content (AvgIpc) is 2.45. The molecule has 1 heterocycles. The monoisotopic (exact) mass is 307 g/mol. The Balaban J connectivity index is 2.49. The first kappa shape index (κ1) is 15.6. The highest BCUT2D eigenvalue weighted by atomic mass is 16.6. The van der Waals surface area contributed by atoms with Crippen LogP contribution in [0.5, 0.6) is 0 Å². The molecule has 1 aromatic carbocycles. The van der Waals surface area contributed by atoms with Gasteiger partial charge in [0.05, 0.1) is 29.0 Å². The van der Waals surface area contributed by atoms with E-state index in [2.05, 4.69) is 4.98 Å². The van der Waals surface area contributed by atoms with Crippen molar-refractivity contribution in [2.24, 2.45) is 5.73 Å². The third kappa shape index (κ3) is 2.95. The largest absolute Gasteiger partial charge is 0.390 e. The number of nitro groups is 1. The zero-order valence-corrected chi connectivity index (χ0v) is 11.2. The van der Waals surface area contributed by atoms with Gasteiger partial charge >= 0.3 is 5.69 Å². The number of hydrogen-bond acceptors (Lipinski definition) is 6. The normalized spacial score (nSPS) is 13.7. The van der Waals surface area contributed by atoms with Crippen molar-refractivity contribution in [3.8, 4) is 0 Å². The predicted molar refractivity (Wildman–Crippen MR) is 76.0 cm³/mol. The molecule has 2 atom stereocenters. The van der Waals surface area contributed by atoms with Crippen molar-refractivity contribution in [2.75, 3.05) is 0 Å². The fourth-order valence-corrected chi connectivity index (χ4v) is 2.08. The molecule has 9 nitrogen and oxygen atoms in total. The van der Waals surface area contributed by atoms with Crippen LogP contribution < -0.4 is 11.2 Å². The number of pyridine rings is 1. The summed E-state index contributed by atoms with van der Waals surface area (Å²) in [5.41, 5.74) is 3.99. The minimum atomic E-state index is -1.45. The zero-order chi connectivity index (χ0) is 16.4. The van der Waals surface area contributed by atoms with Crippen molar-refractivity contribution < 1.29 is 19.9 Å². The van der Waals surface area contributed by atoms with Gasteiger partial charge in [-0.3, -0.25) is 19.7 Å². The van der Waals surface area contributed by atoms with Crippen molar-refractivity contribution >= 4 is 22.5 Å². The first-order chi connectivity index (χ1) is 10.3. The van der Waals surface area contributed by atoms with E-state index >= 15 is 0 Å². The number of hydrogen-bond donors (Lipinski definition) is 4. The zero-order valence-electron chi connectivity index (χ0n) is 11.2. The van der Waals surface area contributed by atoms with Gasteiger partial charge in [-0.15, -0.1) is 0 Å². The summed E-state index contributed by atoms with van der Waals surface area (Å²) < 4.78 is 0. The smallest absolute Gasteiger partial charge is 0.332 e. The Morgan fingerprint density at radius 3 is 2.68 bits per heavy atom. The van der Waals surface area contributed by atoms with Crippen LogP contribution in [-0.4, -0.2) is 32.1 Å². The van der Waals surface area contributed by atoms with Crippen LogP contribution in [0.2, 0.25) is 0 Å². The number of carbonyl (C=O) groups excluding carboxylic acids is 1. The second-order valence-electron chi connectivity index (χ2n) is 4.75. The van der Waals surface area contributed by atoms with E-state index in [0.29, 0.717) is 5.52 Å². The molecule has 2 unspecified atom stereocenters. The summed E-state index contributed by atoms with van der Waals surface area (Å²) in [6, 6.07) is 4.10. The minimum absolute atomic E-state index is 0.00275. The molecule has 0 radical (unpaired) electrons. The Kier molecular flexibility index (Phi) is 4.20. The predicted octanol–water partition coefficient (Wildman–Crippen LogP) is -0.294. The van der Waals surface area contributed by atoms with Gasteiger partial charge < -0.3 is 20.9 Å². The summed E-state index contributed by atoms with van der Waals surface area (Å²) >= 11 is 0. The van der Waals surface area contributed by atoms with Gasteiger partial charge in [-0.2, -0.15) is 0 Å². The highest BCUT2D eigenvalue weighted by Gasteiger charge is 2.22. The number of nitrogens with one attached hydrogen (secondary N) is 1. The van der Waals surface area contributed by atoms with Crippen LogP contribution in [0.4, 0.5) is 5.69 Å². The number of nitrogens with two attached hydrogens (primary N) is 1. The number of nitrogens with zero attached hydrogens (tertiary/aromatic N) is 1. The van der Waals surface area contributed by atoms with E-state index in [9.17, 15) is 29.9 Å². The van der Waals surface area contributed by atoms with Gasteiger partial charge in [0.25, 0.3) is 5.43 Å². The quantitative estimate of drug-likeness (QED) is 0.438. The maximum atomic E-state index is 12.0. The Morgan fingerprint density at radius 1 is 1.41 bits per heavy atom. The molecule has 0 saturated heterocycles. The van der Waals surface area contributed by atoms with Crippen LogP contribution in [0.15, 0.2) is 29.2 Å². The number of aliphatic hydroxyl groups is 2. The highest BCUT2D eigenvalue weighted by molar-refractivity contribution is 5.81. The highest BCUT2D eigenvalue weighted by Crippen LogP contribution is 2.22. The number of primary amides is 1. The molecule has 1 aromatic heterocycles. The van der Waals surface area contributed by atoms with E-state index in [-0.39, 0.29) is 10.9 Å². The fraction of sp³-hybridized carbons (Fsp3) is 0.231. The first-order valence-electron chi connectivity index (χ1n) is 6.25. The second-order valence-corrected chi connectivity index (χ2v) is 4.75. The number of H-pyrrole nitrogens is 1. The molecule has 2 rings (SSSR count). The van der Waals surface area contributed by atoms with Gasteiger partial charge in [0.2, 0.25) is 5.91 Å². The van der Waals surface area contributed by atoms with E-state index in [1.54, 1.807) is 0 Å². The van der Waals surface area contributed by atoms with Crippen LogP contribution in [0, 0.1) is 10.1 Å². The van der Waals surface area contributed by atoms with Crippen LogP contribution in [0.3, 0.4) is 0 Å². The molecule has 0 bridgehead atoms. The second kappa shape index (κ2) is 5.92. The van der Waals surface area contributed by atoms with Crippen LogP contribution >= 0.6 is 0 Å². The molecule has 0 aliphatic heterocycles. The van der Waals surface area contributed by atoms with Crippen molar-refractivity contribution in [1.82, 2.24) is 4.98 Å². The number of amides is 1. The number of aromatic nitrogens is 1. The Bertz CT molecular complexity index is 800. The Labute approximate surface area is 123 Å². The minimum Gasteiger partial charge on any atom is -0.390 e. The van der Waals surface area contributed by atoms with E-state index in [0.717, 1.165) is 6.20 Å². The lowest BCUT2D eigenvalue weighted by atomic mass is 10.00. The van der Waals surface area contributed by atoms with Crippen molar-refractivity contribution in [1.29, 1.82) is 0 Å². The van der Waals surface area contributed by atoms with E-state index in [1.807, 2.05) is 0 Å². The summed E-state index contributed by atoms with van der Waals surface area (Å²) in [5, 5.41) is 30.4. The van der Waals surface area contributed by atoms with Gasteiger partial charge in [-0.05, 0) is 17.7 Å². The Hall–Kier alpha value is -2.78. The summed E-state index contributed by atoms with van der Waals surface area (Å²) in [6.45, 7) is 0. The van der Waals surface area contributed by atoms with Crippen LogP contribution in [0.25, 0.3) is 10.9 Å². The Morgan fingerprint density at radius 2 is 2.09 bits per heavy atom. The molecule has 0 aliphatic carbocycles. The van der Waals surface area contributed by atoms with E-state index < -0.39 is 40.6 Å². The lowest BCUT2D eigenvalue weighted by Crippen LogP contribution is -2.25. The van der Waals surface area contributed by atoms with E-state index in [1.165, 1.54) is 18.2 Å². The lowest BCUT2D eigenvalue weighted by Gasteiger charge is -2.17. The fourth-order valence-electron chi connectivity index (χ4n) is 2.08. The molecule has 22 heavy (non-hydrogen) atoms. The molecule has 0 saturated carbocycles. The lowest BCUT2D eigenvalue weighted by molar-refractivity contribution is -0.386. The molecule has 1 amide bonds. The van der Waals surface area contributed by atoms with Crippen LogP contribution in [-0.2, 0) is 4.79 Å². The molecular weight excluding hydrogens is 294 g/mol. The van der Waals surface area contributed by atoms with Gasteiger partial charge in [-0.25, -0.2) is 0 Å². The number of benzene rings is 1. The number of aromatic amines is 1. The van der Waals surface area contributed by atoms with Gasteiger partial charge in [0.1, 0.15) is 6.10 Å². The topological polar surface area (TPSA) is 160 Å². The summed E-state index contributed by atoms with van der Waals surface area (Å²) in [6.07, 6.45) is -2.35. The van der Waals surface area contributed by atoms with Crippen LogP contribution in [0.1, 0.15) is 18.1 Å². The number of fused-ring (bicyclic) bond motifs is 1. The maximum Gasteiger partial charge on any atom is 0.332 e. The number of rotatable bonds is 5. The molecule has 116 valence electrons. The number of aliphatic hydroxyl groups excluding tert-OH is 2. The average molecular weight is 307 g/mol. The summed E-state index contributed by atoms with van der Waals surface area (Å²) in [5.74, 6) is -0.791. The van der Waals surface area contributed by atoms with Crippen molar-refractivity contribution in [3.63, 3.8) is 0 Å². The number of carbonyl (C=O) groups is 1.